The molecule has 2 rings (SSSR count). The minimum absolute atomic E-state index is 0.112. The monoisotopic (exact) mass is 444 g/mol. The number of rotatable bonds is 6. The summed E-state index contributed by atoms with van der Waals surface area (Å²) in [6.07, 6.45) is 0. The summed E-state index contributed by atoms with van der Waals surface area (Å²) in [5, 5.41) is 2.82. The first-order valence-electron chi connectivity index (χ1n) is 6.93. The molecule has 0 spiro atoms. The molecule has 2 aromatic carbocycles. The smallest absolute Gasteiger partial charge is 0.251 e. The summed E-state index contributed by atoms with van der Waals surface area (Å²) in [5.74, 6) is -0.299. The average molecular weight is 444 g/mol. The zero-order valence-electron chi connectivity index (χ0n) is 12.5. The van der Waals surface area contributed by atoms with Crippen LogP contribution in [-0.4, -0.2) is 21.4 Å². The molecule has 5 nitrogen and oxygen atoms in total. The lowest BCUT2D eigenvalue weighted by molar-refractivity contribution is 0.0951. The Morgan fingerprint density at radius 1 is 1.04 bits per heavy atom. The Balaban J connectivity index is 2.09. The number of halogens is 1. The van der Waals surface area contributed by atoms with Crippen molar-refractivity contribution in [1.29, 1.82) is 0 Å². The number of carbonyl (C=O) groups excluding carboxylic acids is 1. The molecule has 0 aliphatic carbocycles. The first kappa shape index (κ1) is 17.9. The van der Waals surface area contributed by atoms with E-state index in [9.17, 15) is 13.2 Å². The summed E-state index contributed by atoms with van der Waals surface area (Å²) in [4.78, 5) is 12.1. The van der Waals surface area contributed by atoms with Crippen molar-refractivity contribution >= 4 is 38.5 Å². The van der Waals surface area contributed by atoms with E-state index in [1.54, 1.807) is 24.3 Å². The number of sulfonamides is 1. The highest BCUT2D eigenvalue weighted by Gasteiger charge is 2.13. The molecular formula is C16H17IN2O3S. The first-order valence-corrected chi connectivity index (χ1v) is 9.66. The van der Waals surface area contributed by atoms with Gasteiger partial charge in [-0.2, -0.15) is 0 Å². The van der Waals surface area contributed by atoms with Crippen molar-refractivity contribution in [1.82, 2.24) is 10.0 Å². The van der Waals surface area contributed by atoms with Gasteiger partial charge in [0.05, 0.1) is 5.75 Å². The minimum Gasteiger partial charge on any atom is -0.348 e. The molecule has 0 fully saturated rings. The third-order valence-corrected chi connectivity index (χ3v) is 5.35. The van der Waals surface area contributed by atoms with E-state index in [1.165, 1.54) is 7.05 Å². The van der Waals surface area contributed by atoms with Crippen LogP contribution in [0.25, 0.3) is 0 Å². The molecule has 0 aromatic heterocycles. The molecule has 0 bridgehead atoms. The third-order valence-electron chi connectivity index (χ3n) is 3.32. The van der Waals surface area contributed by atoms with E-state index in [2.05, 4.69) is 32.6 Å². The third kappa shape index (κ3) is 5.29. The molecule has 0 saturated heterocycles. The van der Waals surface area contributed by atoms with E-state index < -0.39 is 10.0 Å². The lowest BCUT2D eigenvalue weighted by Crippen LogP contribution is -2.25. The summed E-state index contributed by atoms with van der Waals surface area (Å²) >= 11 is 2.18. The van der Waals surface area contributed by atoms with Gasteiger partial charge in [0, 0.05) is 15.7 Å². The van der Waals surface area contributed by atoms with Crippen LogP contribution in [0.5, 0.6) is 0 Å². The van der Waals surface area contributed by atoms with E-state index in [0.717, 1.165) is 9.13 Å². The molecule has 0 radical (unpaired) electrons. The van der Waals surface area contributed by atoms with Gasteiger partial charge in [-0.3, -0.25) is 4.79 Å². The largest absolute Gasteiger partial charge is 0.348 e. The summed E-state index contributed by atoms with van der Waals surface area (Å²) < 4.78 is 26.8. The van der Waals surface area contributed by atoms with Gasteiger partial charge in [0.15, 0.2) is 0 Å². The van der Waals surface area contributed by atoms with Gasteiger partial charge in [-0.1, -0.05) is 24.3 Å². The second-order valence-electron chi connectivity index (χ2n) is 4.92. The molecule has 0 aliphatic heterocycles. The normalized spacial score (nSPS) is 11.2. The van der Waals surface area contributed by atoms with E-state index in [1.807, 2.05) is 24.3 Å². The van der Waals surface area contributed by atoms with Crippen molar-refractivity contribution in [2.24, 2.45) is 0 Å². The molecule has 2 aromatic rings. The number of carbonyl (C=O) groups is 1. The first-order chi connectivity index (χ1) is 10.9. The van der Waals surface area contributed by atoms with Gasteiger partial charge in [0.2, 0.25) is 10.0 Å². The Kier molecular flexibility index (Phi) is 6.14. The average Bonchev–Trinajstić information content (AvgIpc) is 2.54. The molecule has 0 unspecified atom stereocenters. The summed E-state index contributed by atoms with van der Waals surface area (Å²) in [6, 6.07) is 14.4. The van der Waals surface area contributed by atoms with Crippen molar-refractivity contribution in [2.45, 2.75) is 12.3 Å². The second kappa shape index (κ2) is 7.89. The maximum atomic E-state index is 12.1. The molecular weight excluding hydrogens is 427 g/mol. The summed E-state index contributed by atoms with van der Waals surface area (Å²) in [5.41, 5.74) is 2.03. The zero-order chi connectivity index (χ0) is 16.9. The quantitative estimate of drug-likeness (QED) is 0.672. The number of benzene rings is 2. The van der Waals surface area contributed by atoms with Gasteiger partial charge in [-0.25, -0.2) is 13.1 Å². The molecule has 0 aliphatic rings. The molecule has 23 heavy (non-hydrogen) atoms. The predicted octanol–water partition coefficient (Wildman–Crippen LogP) is 2.27. The fraction of sp³-hybridized carbons (Fsp3) is 0.188. The molecule has 7 heteroatoms. The van der Waals surface area contributed by atoms with Crippen molar-refractivity contribution in [3.05, 3.63) is 68.8 Å². The van der Waals surface area contributed by atoms with Crippen LogP contribution in [0.3, 0.4) is 0 Å². The lowest BCUT2D eigenvalue weighted by atomic mass is 10.1. The van der Waals surface area contributed by atoms with Crippen molar-refractivity contribution < 1.29 is 13.2 Å². The van der Waals surface area contributed by atoms with Gasteiger partial charge < -0.3 is 5.32 Å². The Morgan fingerprint density at radius 3 is 2.26 bits per heavy atom. The van der Waals surface area contributed by atoms with E-state index >= 15 is 0 Å². The maximum absolute atomic E-state index is 12.1. The van der Waals surface area contributed by atoms with E-state index in [4.69, 9.17) is 0 Å². The van der Waals surface area contributed by atoms with Crippen LogP contribution in [0.2, 0.25) is 0 Å². The highest BCUT2D eigenvalue weighted by Crippen LogP contribution is 2.13. The molecule has 1 amide bonds. The van der Waals surface area contributed by atoms with Crippen LogP contribution in [0, 0.1) is 3.57 Å². The van der Waals surface area contributed by atoms with Crippen LogP contribution in [0.4, 0.5) is 0 Å². The maximum Gasteiger partial charge on any atom is 0.251 e. The van der Waals surface area contributed by atoms with Crippen LogP contribution in [-0.2, 0) is 22.3 Å². The molecule has 0 heterocycles. The number of hydrogen-bond donors (Lipinski definition) is 2. The van der Waals surface area contributed by atoms with Gasteiger partial charge in [0.25, 0.3) is 5.91 Å². The summed E-state index contributed by atoms with van der Waals surface area (Å²) in [6.45, 7) is 0.278. The highest BCUT2D eigenvalue weighted by molar-refractivity contribution is 14.1. The van der Waals surface area contributed by atoms with Gasteiger partial charge in [-0.15, -0.1) is 0 Å². The van der Waals surface area contributed by atoms with E-state index in [-0.39, 0.29) is 18.2 Å². The number of nitrogens with one attached hydrogen (secondary N) is 2. The SMILES string of the molecule is CNS(=O)(=O)Cc1ccccc1CNC(=O)c1ccc(I)cc1. The van der Waals surface area contributed by atoms with Crippen molar-refractivity contribution in [2.75, 3.05) is 7.05 Å². The number of hydrogen-bond acceptors (Lipinski definition) is 3. The molecule has 2 N–H and O–H groups in total. The molecule has 122 valence electrons. The van der Waals surface area contributed by atoms with Crippen LogP contribution < -0.4 is 10.0 Å². The van der Waals surface area contributed by atoms with Crippen LogP contribution >= 0.6 is 22.6 Å². The summed E-state index contributed by atoms with van der Waals surface area (Å²) in [7, 11) is -1.97. The number of amides is 1. The highest BCUT2D eigenvalue weighted by atomic mass is 127. The fourth-order valence-electron chi connectivity index (χ4n) is 2.03. The van der Waals surface area contributed by atoms with Crippen LogP contribution in [0.15, 0.2) is 48.5 Å². The second-order valence-corrected chi connectivity index (χ2v) is 8.09. The molecule has 0 saturated carbocycles. The minimum atomic E-state index is -3.35. The topological polar surface area (TPSA) is 75.3 Å². The fourth-order valence-corrected chi connectivity index (χ4v) is 3.22. The Bertz CT molecular complexity index is 789. The van der Waals surface area contributed by atoms with Gasteiger partial charge in [-0.05, 0) is 65.0 Å². The van der Waals surface area contributed by atoms with Crippen molar-refractivity contribution in [3.8, 4) is 0 Å². The predicted molar refractivity (Wildman–Crippen MR) is 98.5 cm³/mol. The lowest BCUT2D eigenvalue weighted by Gasteiger charge is -2.11. The standard InChI is InChI=1S/C16H17IN2O3S/c1-18-23(21,22)11-14-5-3-2-4-13(14)10-19-16(20)12-6-8-15(17)9-7-12/h2-9,18H,10-11H2,1H3,(H,19,20). The van der Waals surface area contributed by atoms with Crippen molar-refractivity contribution in [3.63, 3.8) is 0 Å². The Hall–Kier alpha value is -1.45. The Labute approximate surface area is 149 Å². The van der Waals surface area contributed by atoms with Gasteiger partial charge >= 0.3 is 0 Å². The van der Waals surface area contributed by atoms with Crippen LogP contribution in [0.1, 0.15) is 21.5 Å². The van der Waals surface area contributed by atoms with Gasteiger partial charge in [0.1, 0.15) is 0 Å². The van der Waals surface area contributed by atoms with E-state index in [0.29, 0.717) is 11.1 Å². The molecule has 0 atom stereocenters. The zero-order valence-corrected chi connectivity index (χ0v) is 15.5. The Morgan fingerprint density at radius 2 is 1.65 bits per heavy atom.